The largest absolute Gasteiger partial charge is 0.478 e. The van der Waals surface area contributed by atoms with E-state index in [9.17, 15) is 13.2 Å². The Bertz CT molecular complexity index is 1140. The highest BCUT2D eigenvalue weighted by Crippen LogP contribution is 2.24. The maximum Gasteiger partial charge on any atom is 0.335 e. The molecule has 0 fully saturated rings. The van der Waals surface area contributed by atoms with Crippen LogP contribution < -0.4 is 4.72 Å². The molecular weight excluding hydrogens is 398 g/mol. The van der Waals surface area contributed by atoms with E-state index in [2.05, 4.69) is 15.8 Å². The zero-order valence-corrected chi connectivity index (χ0v) is 16.1. The lowest BCUT2D eigenvalue weighted by Gasteiger charge is -2.17. The molecule has 0 aliphatic rings. The number of aromatic carboxylic acids is 1. The minimum Gasteiger partial charge on any atom is -0.478 e. The Balaban J connectivity index is 1.92. The molecule has 1 atom stereocenters. The van der Waals surface area contributed by atoms with Crippen LogP contribution in [0.2, 0.25) is 0 Å². The lowest BCUT2D eigenvalue weighted by Crippen LogP contribution is -2.30. The van der Waals surface area contributed by atoms with Gasteiger partial charge in [-0.25, -0.2) is 22.9 Å². The Morgan fingerprint density at radius 2 is 2.04 bits per heavy atom. The molecule has 0 amide bonds. The Hall–Kier alpha value is -3.06. The lowest BCUT2D eigenvalue weighted by atomic mass is 10.0. The van der Waals surface area contributed by atoms with E-state index in [4.69, 9.17) is 10.4 Å². The molecule has 0 saturated carbocycles. The summed E-state index contributed by atoms with van der Waals surface area (Å²) in [6.45, 7) is 0. The van der Waals surface area contributed by atoms with Gasteiger partial charge in [0.15, 0.2) is 0 Å². The van der Waals surface area contributed by atoms with Gasteiger partial charge in [0.1, 0.15) is 5.01 Å². The van der Waals surface area contributed by atoms with Crippen LogP contribution in [0, 0.1) is 11.3 Å². The summed E-state index contributed by atoms with van der Waals surface area (Å²) in [7, 11) is -3.99. The van der Waals surface area contributed by atoms with Crippen molar-refractivity contribution in [3.63, 3.8) is 0 Å². The summed E-state index contributed by atoms with van der Waals surface area (Å²) in [5.41, 5.74) is 1.14. The molecule has 3 aromatic rings. The van der Waals surface area contributed by atoms with Crippen molar-refractivity contribution in [3.05, 3.63) is 81.8 Å². The lowest BCUT2D eigenvalue weighted by molar-refractivity contribution is 0.0696. The van der Waals surface area contributed by atoms with Crippen molar-refractivity contribution in [1.82, 2.24) is 9.71 Å². The molecule has 2 N–H and O–H groups in total. The molecule has 0 radical (unpaired) electrons. The number of benzene rings is 2. The van der Waals surface area contributed by atoms with Crippen LogP contribution in [0.25, 0.3) is 0 Å². The predicted octanol–water partition coefficient (Wildman–Crippen LogP) is 2.98. The molecule has 0 saturated heterocycles. The summed E-state index contributed by atoms with van der Waals surface area (Å²) in [4.78, 5) is 15.2. The van der Waals surface area contributed by atoms with E-state index in [-0.39, 0.29) is 10.5 Å². The van der Waals surface area contributed by atoms with Crippen molar-refractivity contribution in [3.8, 4) is 6.07 Å². The Morgan fingerprint density at radius 3 is 2.71 bits per heavy atom. The summed E-state index contributed by atoms with van der Waals surface area (Å²) in [5, 5.41) is 20.5. The number of thiazole rings is 1. The first-order valence-corrected chi connectivity index (χ1v) is 10.5. The van der Waals surface area contributed by atoms with E-state index in [1.165, 1.54) is 29.5 Å². The first-order valence-electron chi connectivity index (χ1n) is 8.13. The molecular formula is C19H15N3O4S2. The molecule has 7 nitrogen and oxygen atoms in total. The standard InChI is InChI=1S/C19H15N3O4S2/c20-12-14-4-1-3-13(9-14)10-17(18-21-7-8-27-18)22-28(25,26)16-6-2-5-15(11-16)19(23)24/h1-9,11,17,22H,10H2,(H,23,24). The molecule has 3 rings (SSSR count). The second kappa shape index (κ2) is 8.31. The van der Waals surface area contributed by atoms with Gasteiger partial charge < -0.3 is 5.11 Å². The van der Waals surface area contributed by atoms with Gasteiger partial charge in [0.05, 0.1) is 28.1 Å². The predicted molar refractivity (Wildman–Crippen MR) is 103 cm³/mol. The highest BCUT2D eigenvalue weighted by molar-refractivity contribution is 7.89. The number of carbonyl (C=O) groups is 1. The maximum atomic E-state index is 12.8. The van der Waals surface area contributed by atoms with Gasteiger partial charge in [0.25, 0.3) is 0 Å². The average Bonchev–Trinajstić information content (AvgIpc) is 3.22. The van der Waals surface area contributed by atoms with Gasteiger partial charge in [0.2, 0.25) is 10.0 Å². The normalized spacial score (nSPS) is 12.2. The van der Waals surface area contributed by atoms with Crippen LogP contribution in [0.3, 0.4) is 0 Å². The van der Waals surface area contributed by atoms with Crippen LogP contribution in [-0.4, -0.2) is 24.5 Å². The topological polar surface area (TPSA) is 120 Å². The molecule has 0 aliphatic carbocycles. The van der Waals surface area contributed by atoms with Crippen LogP contribution in [0.4, 0.5) is 0 Å². The van der Waals surface area contributed by atoms with Gasteiger partial charge in [-0.05, 0) is 42.3 Å². The Kier molecular flexibility index (Phi) is 5.84. The summed E-state index contributed by atoms with van der Waals surface area (Å²) < 4.78 is 28.3. The van der Waals surface area contributed by atoms with Crippen molar-refractivity contribution in [2.45, 2.75) is 17.4 Å². The fraction of sp³-hybridized carbons (Fsp3) is 0.105. The first kappa shape index (κ1) is 19.7. The monoisotopic (exact) mass is 413 g/mol. The van der Waals surface area contributed by atoms with Gasteiger partial charge in [-0.15, -0.1) is 11.3 Å². The quantitative estimate of drug-likeness (QED) is 0.614. The third-order valence-corrected chi connectivity index (χ3v) is 6.29. The third-order valence-electron chi connectivity index (χ3n) is 3.93. The summed E-state index contributed by atoms with van der Waals surface area (Å²) >= 11 is 1.31. The first-order chi connectivity index (χ1) is 13.4. The van der Waals surface area contributed by atoms with E-state index in [0.717, 1.165) is 11.6 Å². The molecule has 9 heteroatoms. The fourth-order valence-electron chi connectivity index (χ4n) is 2.64. The number of sulfonamides is 1. The molecule has 142 valence electrons. The average molecular weight is 413 g/mol. The second-order valence-electron chi connectivity index (χ2n) is 5.89. The highest BCUT2D eigenvalue weighted by Gasteiger charge is 2.24. The van der Waals surface area contributed by atoms with Gasteiger partial charge in [-0.3, -0.25) is 0 Å². The second-order valence-corrected chi connectivity index (χ2v) is 8.53. The zero-order valence-electron chi connectivity index (χ0n) is 14.4. The van der Waals surface area contributed by atoms with Crippen LogP contribution in [0.1, 0.15) is 32.5 Å². The van der Waals surface area contributed by atoms with Gasteiger partial charge in [-0.1, -0.05) is 18.2 Å². The van der Waals surface area contributed by atoms with E-state index in [0.29, 0.717) is 17.0 Å². The molecule has 0 aliphatic heterocycles. The van der Waals surface area contributed by atoms with Crippen LogP contribution in [0.15, 0.2) is 65.0 Å². The van der Waals surface area contributed by atoms with Gasteiger partial charge >= 0.3 is 5.97 Å². The maximum absolute atomic E-state index is 12.8. The number of carboxylic acid groups (broad SMARTS) is 1. The Labute approximate surface area is 166 Å². The van der Waals surface area contributed by atoms with E-state index < -0.39 is 22.0 Å². The van der Waals surface area contributed by atoms with Gasteiger partial charge in [0, 0.05) is 11.6 Å². The summed E-state index contributed by atoms with van der Waals surface area (Å²) in [5.74, 6) is -1.21. The minimum absolute atomic E-state index is 0.115. The summed E-state index contributed by atoms with van der Waals surface area (Å²) in [6.07, 6.45) is 1.87. The number of nitriles is 1. The van der Waals surface area contributed by atoms with E-state index in [1.54, 1.807) is 35.8 Å². The smallest absolute Gasteiger partial charge is 0.335 e. The van der Waals surface area contributed by atoms with Crippen molar-refractivity contribution in [2.24, 2.45) is 0 Å². The molecule has 2 aromatic carbocycles. The molecule has 1 unspecified atom stereocenters. The van der Waals surface area contributed by atoms with Gasteiger partial charge in [-0.2, -0.15) is 5.26 Å². The van der Waals surface area contributed by atoms with Crippen molar-refractivity contribution in [2.75, 3.05) is 0 Å². The number of aromatic nitrogens is 1. The molecule has 1 heterocycles. The molecule has 0 spiro atoms. The number of carboxylic acids is 1. The van der Waals surface area contributed by atoms with Crippen molar-refractivity contribution in [1.29, 1.82) is 5.26 Å². The Morgan fingerprint density at radius 1 is 1.25 bits per heavy atom. The number of rotatable bonds is 7. The van der Waals surface area contributed by atoms with Crippen molar-refractivity contribution >= 4 is 27.3 Å². The molecule has 0 bridgehead atoms. The SMILES string of the molecule is N#Cc1cccc(CC(NS(=O)(=O)c2cccc(C(=O)O)c2)c2nccs2)c1. The number of hydrogen-bond donors (Lipinski definition) is 2. The highest BCUT2D eigenvalue weighted by atomic mass is 32.2. The minimum atomic E-state index is -3.99. The van der Waals surface area contributed by atoms with E-state index >= 15 is 0 Å². The summed E-state index contributed by atoms with van der Waals surface area (Å²) in [6, 6.07) is 13.5. The molecule has 28 heavy (non-hydrogen) atoms. The van der Waals surface area contributed by atoms with Crippen LogP contribution >= 0.6 is 11.3 Å². The van der Waals surface area contributed by atoms with E-state index in [1.807, 2.05) is 0 Å². The number of hydrogen-bond acceptors (Lipinski definition) is 6. The zero-order chi connectivity index (χ0) is 20.1. The van der Waals surface area contributed by atoms with Crippen molar-refractivity contribution < 1.29 is 18.3 Å². The number of nitrogens with one attached hydrogen (secondary N) is 1. The van der Waals surface area contributed by atoms with Crippen LogP contribution in [0.5, 0.6) is 0 Å². The third kappa shape index (κ3) is 4.61. The molecule has 1 aromatic heterocycles. The number of nitrogens with zero attached hydrogens (tertiary/aromatic N) is 2. The van der Waals surface area contributed by atoms with Crippen LogP contribution in [-0.2, 0) is 16.4 Å². The fourth-order valence-corrected chi connectivity index (χ4v) is 4.65.